The molecule has 0 aliphatic carbocycles. The van der Waals surface area contributed by atoms with E-state index in [1.807, 2.05) is 0 Å². The lowest BCUT2D eigenvalue weighted by Gasteiger charge is -2.14. The minimum absolute atomic E-state index is 0.0677. The van der Waals surface area contributed by atoms with Crippen molar-refractivity contribution in [2.45, 2.75) is 18.7 Å². The van der Waals surface area contributed by atoms with E-state index >= 15 is 0 Å². The van der Waals surface area contributed by atoms with Crippen molar-refractivity contribution in [2.24, 2.45) is 0 Å². The third-order valence-corrected chi connectivity index (χ3v) is 5.24. The van der Waals surface area contributed by atoms with Crippen LogP contribution in [0, 0.1) is 13.8 Å². The molecule has 0 unspecified atom stereocenters. The Morgan fingerprint density at radius 2 is 2.00 bits per heavy atom. The molecule has 0 aromatic heterocycles. The maximum Gasteiger partial charge on any atom is 0.329 e. The van der Waals surface area contributed by atoms with E-state index < -0.39 is 22.6 Å². The summed E-state index contributed by atoms with van der Waals surface area (Å²) in [5.74, 6) is -1.12. The van der Waals surface area contributed by atoms with Crippen LogP contribution in [-0.2, 0) is 19.6 Å². The van der Waals surface area contributed by atoms with Gasteiger partial charge in [-0.1, -0.05) is 23.2 Å². The molecule has 0 amide bonds. The second kappa shape index (κ2) is 7.42. The Hall–Kier alpha value is -0.860. The van der Waals surface area contributed by atoms with Crippen molar-refractivity contribution in [1.82, 2.24) is 4.72 Å². The quantitative estimate of drug-likeness (QED) is 0.729. The summed E-state index contributed by atoms with van der Waals surface area (Å²) in [6.07, 6.45) is 0. The van der Waals surface area contributed by atoms with Gasteiger partial charge in [0.15, 0.2) is 0 Å². The maximum atomic E-state index is 12.2. The van der Waals surface area contributed by atoms with Gasteiger partial charge >= 0.3 is 5.97 Å². The van der Waals surface area contributed by atoms with Gasteiger partial charge in [0.2, 0.25) is 10.0 Å². The number of carboxylic acid groups (broad SMARTS) is 1. The molecule has 2 N–H and O–H groups in total. The number of aliphatic carboxylic acids is 1. The fourth-order valence-corrected chi connectivity index (χ4v) is 3.83. The summed E-state index contributed by atoms with van der Waals surface area (Å²) < 4.78 is 31.5. The molecule has 0 radical (unpaired) electrons. The monoisotopic (exact) mass is 355 g/mol. The molecule has 6 nitrogen and oxygen atoms in total. The third-order valence-electron chi connectivity index (χ3n) is 2.62. The van der Waals surface area contributed by atoms with E-state index in [0.717, 1.165) is 0 Å². The summed E-state index contributed by atoms with van der Waals surface area (Å²) in [7, 11) is -3.86. The van der Waals surface area contributed by atoms with Crippen LogP contribution in [0.4, 0.5) is 0 Å². The van der Waals surface area contributed by atoms with Crippen LogP contribution in [-0.4, -0.2) is 39.3 Å². The molecular weight excluding hydrogens is 341 g/mol. The smallest absolute Gasteiger partial charge is 0.329 e. The number of benzene rings is 1. The molecule has 0 saturated heterocycles. The van der Waals surface area contributed by atoms with E-state index in [9.17, 15) is 13.2 Å². The second-order valence-electron chi connectivity index (χ2n) is 4.29. The Bertz CT molecular complexity index is 619. The fourth-order valence-electron chi connectivity index (χ4n) is 1.61. The summed E-state index contributed by atoms with van der Waals surface area (Å²) in [6.45, 7) is 2.59. The van der Waals surface area contributed by atoms with Crippen molar-refractivity contribution in [3.8, 4) is 0 Å². The summed E-state index contributed by atoms with van der Waals surface area (Å²) in [6, 6.07) is 1.59. The molecule has 0 aliphatic heterocycles. The Morgan fingerprint density at radius 3 is 2.57 bits per heavy atom. The molecule has 21 heavy (non-hydrogen) atoms. The minimum Gasteiger partial charge on any atom is -0.480 e. The largest absolute Gasteiger partial charge is 0.480 e. The molecule has 0 aliphatic rings. The molecule has 9 heteroatoms. The summed E-state index contributed by atoms with van der Waals surface area (Å²) in [5.41, 5.74) is 0.904. The number of hydrogen-bond acceptors (Lipinski definition) is 4. The number of hydrogen-bond donors (Lipinski definition) is 2. The fraction of sp³-hybridized carbons (Fsp3) is 0.417. The van der Waals surface area contributed by atoms with Gasteiger partial charge in [0, 0.05) is 11.6 Å². The highest BCUT2D eigenvalue weighted by Crippen LogP contribution is 2.33. The molecule has 0 fully saturated rings. The first-order valence-corrected chi connectivity index (χ1v) is 8.15. The predicted octanol–water partition coefficient (Wildman–Crippen LogP) is 1.99. The zero-order valence-electron chi connectivity index (χ0n) is 11.4. The van der Waals surface area contributed by atoms with E-state index in [4.69, 9.17) is 33.0 Å². The van der Waals surface area contributed by atoms with Crippen LogP contribution in [0.1, 0.15) is 11.1 Å². The first-order valence-electron chi connectivity index (χ1n) is 5.91. The van der Waals surface area contributed by atoms with Gasteiger partial charge < -0.3 is 9.84 Å². The van der Waals surface area contributed by atoms with Crippen LogP contribution in [0.2, 0.25) is 10.0 Å². The van der Waals surface area contributed by atoms with Crippen molar-refractivity contribution in [2.75, 3.05) is 19.8 Å². The first-order chi connectivity index (χ1) is 9.66. The van der Waals surface area contributed by atoms with Crippen molar-refractivity contribution in [1.29, 1.82) is 0 Å². The Balaban J connectivity index is 2.87. The second-order valence-corrected chi connectivity index (χ2v) is 6.78. The lowest BCUT2D eigenvalue weighted by molar-refractivity contribution is -0.142. The number of ether oxygens (including phenoxy) is 1. The van der Waals surface area contributed by atoms with E-state index in [1.54, 1.807) is 19.9 Å². The van der Waals surface area contributed by atoms with Crippen molar-refractivity contribution in [3.05, 3.63) is 27.2 Å². The summed E-state index contributed by atoms with van der Waals surface area (Å²) in [5, 5.41) is 8.80. The molecule has 0 atom stereocenters. The zero-order chi connectivity index (χ0) is 16.2. The SMILES string of the molecule is Cc1cc(Cl)c(C)c(S(=O)(=O)NCCOCC(=O)O)c1Cl. The number of carbonyl (C=O) groups is 1. The standard InChI is InChI=1S/C12H15Cl2NO5S/c1-7-5-9(13)8(2)12(11(7)14)21(18,19)15-3-4-20-6-10(16)17/h5,15H,3-4,6H2,1-2H3,(H,16,17). The van der Waals surface area contributed by atoms with Gasteiger partial charge in [-0.3, -0.25) is 0 Å². The van der Waals surface area contributed by atoms with Gasteiger partial charge in [0.25, 0.3) is 0 Å². The Kier molecular flexibility index (Phi) is 6.42. The third kappa shape index (κ3) is 4.82. The highest BCUT2D eigenvalue weighted by Gasteiger charge is 2.23. The topological polar surface area (TPSA) is 92.7 Å². The van der Waals surface area contributed by atoms with Gasteiger partial charge in [0.05, 0.1) is 11.6 Å². The highest BCUT2D eigenvalue weighted by molar-refractivity contribution is 7.89. The van der Waals surface area contributed by atoms with Crippen LogP contribution >= 0.6 is 23.2 Å². The summed E-state index contributed by atoms with van der Waals surface area (Å²) in [4.78, 5) is 10.2. The van der Waals surface area contributed by atoms with E-state index in [1.165, 1.54) is 0 Å². The Morgan fingerprint density at radius 1 is 1.38 bits per heavy atom. The first kappa shape index (κ1) is 18.2. The Labute approximate surface area is 133 Å². The van der Waals surface area contributed by atoms with Crippen LogP contribution in [0.25, 0.3) is 0 Å². The lowest BCUT2D eigenvalue weighted by Crippen LogP contribution is -2.29. The molecule has 0 heterocycles. The molecule has 0 saturated carbocycles. The van der Waals surface area contributed by atoms with Crippen LogP contribution in [0.5, 0.6) is 0 Å². The molecule has 0 bridgehead atoms. The normalized spacial score (nSPS) is 11.6. The van der Waals surface area contributed by atoms with Crippen LogP contribution < -0.4 is 4.72 Å². The van der Waals surface area contributed by atoms with Gasteiger partial charge in [-0.15, -0.1) is 0 Å². The van der Waals surface area contributed by atoms with E-state index in [-0.39, 0.29) is 23.1 Å². The molecule has 0 spiro atoms. The van der Waals surface area contributed by atoms with Crippen molar-refractivity contribution >= 4 is 39.2 Å². The number of nitrogens with one attached hydrogen (secondary N) is 1. The average Bonchev–Trinajstić information content (AvgIpc) is 2.35. The minimum atomic E-state index is -3.86. The van der Waals surface area contributed by atoms with Crippen molar-refractivity contribution < 1.29 is 23.1 Å². The number of carboxylic acids is 1. The predicted molar refractivity (Wildman–Crippen MR) is 79.6 cm³/mol. The maximum absolute atomic E-state index is 12.2. The lowest BCUT2D eigenvalue weighted by atomic mass is 10.2. The summed E-state index contributed by atoms with van der Waals surface area (Å²) >= 11 is 12.0. The van der Waals surface area contributed by atoms with Gasteiger partial charge in [0.1, 0.15) is 11.5 Å². The average molecular weight is 356 g/mol. The molecule has 1 aromatic rings. The van der Waals surface area contributed by atoms with Gasteiger partial charge in [-0.2, -0.15) is 0 Å². The van der Waals surface area contributed by atoms with Gasteiger partial charge in [-0.25, -0.2) is 17.9 Å². The van der Waals surface area contributed by atoms with E-state index in [2.05, 4.69) is 4.72 Å². The number of sulfonamides is 1. The van der Waals surface area contributed by atoms with Crippen LogP contribution in [0.3, 0.4) is 0 Å². The molecule has 1 aromatic carbocycles. The number of rotatable bonds is 7. The number of aryl methyl sites for hydroxylation is 1. The zero-order valence-corrected chi connectivity index (χ0v) is 13.8. The van der Waals surface area contributed by atoms with E-state index in [0.29, 0.717) is 16.1 Å². The van der Waals surface area contributed by atoms with Gasteiger partial charge in [-0.05, 0) is 31.0 Å². The van der Waals surface area contributed by atoms with Crippen LogP contribution in [0.15, 0.2) is 11.0 Å². The molecule has 1 rings (SSSR count). The number of halogens is 2. The molecule has 118 valence electrons. The van der Waals surface area contributed by atoms with Crippen molar-refractivity contribution in [3.63, 3.8) is 0 Å². The molecular formula is C12H15Cl2NO5S. The highest BCUT2D eigenvalue weighted by atomic mass is 35.5.